The van der Waals surface area contributed by atoms with Gasteiger partial charge in [0.15, 0.2) is 34.9 Å². The number of nitrogens with zero attached hydrogens (tertiary/aromatic N) is 12. The quantitative estimate of drug-likeness (QED) is 0.0327. The molecule has 18 aromatic rings. The number of carbonyl (C=O) groups excluding carboxylic acids is 6. The molecule has 144 heavy (non-hydrogen) atoms. The molecule has 1 aliphatic heterocycles. The molecule has 732 valence electrons. The first kappa shape index (κ1) is 108. The van der Waals surface area contributed by atoms with Gasteiger partial charge in [-0.25, -0.2) is 0 Å². The summed E-state index contributed by atoms with van der Waals surface area (Å²) in [5.74, 6) is 6.67. The largest absolute Gasteiger partial charge is 0.497 e. The monoisotopic (exact) mass is 2420 g/mol. The summed E-state index contributed by atoms with van der Waals surface area (Å²) in [5.41, 5.74) is 8.48. The molecular formula is C100H80Br6N18O14S6. The molecule has 0 unspecified atom stereocenters. The second-order valence-corrected chi connectivity index (χ2v) is 38.4. The highest BCUT2D eigenvalue weighted by atomic mass is 79.9. The van der Waals surface area contributed by atoms with E-state index in [9.17, 15) is 28.8 Å². The number of hydrogen-bond acceptors (Lipinski definition) is 32. The Bertz CT molecular complexity index is 6210. The zero-order valence-electron chi connectivity index (χ0n) is 76.3. The van der Waals surface area contributed by atoms with Crippen molar-refractivity contribution in [3.05, 3.63) is 351 Å². The Morgan fingerprint density at radius 2 is 0.347 bits per heavy atom. The summed E-state index contributed by atoms with van der Waals surface area (Å²) in [5, 5.41) is 19.3. The molecule has 0 bridgehead atoms. The Kier molecular flexibility index (Phi) is 41.4. The maximum absolute atomic E-state index is 12.2. The van der Waals surface area contributed by atoms with Crippen molar-refractivity contribution in [3.8, 4) is 103 Å². The van der Waals surface area contributed by atoms with Crippen LogP contribution < -0.4 is 60.3 Å². The summed E-state index contributed by atoms with van der Waals surface area (Å²) in [7, 11) is 9.70. The lowest BCUT2D eigenvalue weighted by Gasteiger charge is -2.09. The summed E-state index contributed by atoms with van der Waals surface area (Å²) >= 11 is 27.0. The highest BCUT2D eigenvalue weighted by Gasteiger charge is 2.22. The fourth-order valence-electron chi connectivity index (χ4n) is 12.1. The van der Waals surface area contributed by atoms with Crippen molar-refractivity contribution in [1.82, 2.24) is 56.1 Å². The van der Waals surface area contributed by atoms with Gasteiger partial charge < -0.3 is 37.9 Å². The summed E-state index contributed by atoms with van der Waals surface area (Å²) < 4.78 is 70.7. The van der Waals surface area contributed by atoms with Crippen LogP contribution in [0.15, 0.2) is 318 Å². The van der Waals surface area contributed by atoms with Crippen molar-refractivity contribution in [2.24, 2.45) is 0 Å². The number of aromatic nitrogens is 12. The van der Waals surface area contributed by atoms with Crippen LogP contribution in [0.25, 0.3) is 68.3 Å². The van der Waals surface area contributed by atoms with E-state index >= 15 is 0 Å². The van der Waals surface area contributed by atoms with Crippen LogP contribution in [0.4, 0.5) is 30.8 Å². The highest BCUT2D eigenvalue weighted by molar-refractivity contribution is 9.11. The van der Waals surface area contributed by atoms with Crippen LogP contribution in [0.2, 0.25) is 0 Å². The predicted molar refractivity (Wildman–Crippen MR) is 586 cm³/mol. The second kappa shape index (κ2) is 55.3. The van der Waals surface area contributed by atoms with E-state index in [1.54, 1.807) is 79.1 Å². The van der Waals surface area contributed by atoms with Crippen molar-refractivity contribution in [2.75, 3.05) is 101 Å². The Morgan fingerprint density at radius 1 is 0.215 bits per heavy atom. The van der Waals surface area contributed by atoms with Crippen molar-refractivity contribution >= 4 is 231 Å². The number of nitrogens with one attached hydrogen (secondary N) is 6. The molecule has 6 amide bonds. The van der Waals surface area contributed by atoms with Crippen LogP contribution in [0.1, 0.15) is 62.1 Å². The van der Waals surface area contributed by atoms with Crippen LogP contribution in [-0.4, -0.2) is 161 Å². The van der Waals surface area contributed by atoms with Crippen LogP contribution >= 0.6 is 165 Å². The van der Waals surface area contributed by atoms with Gasteiger partial charge in [0.2, 0.25) is 30.8 Å². The van der Waals surface area contributed by atoms with Gasteiger partial charge in [-0.15, -0.1) is 0 Å². The third-order valence-corrected chi connectivity index (χ3v) is 27.4. The SMILES string of the molecule is C1COCCO1.COc1ccc(-c2nsc(NC(=O)c3ccccc3Br)n2)cc1.COc1ccc(-c2nsc(NC(=O)c3ccccc3Br)n2)cc1.COc1ccc(-c2nsc(NC(=O)c3ccccc3Br)n2)cc1.COc1ccc(-c2nsc(NC(=O)c3ccccc3Br)n2)cc1.COc1ccc(-c2nsc(NC(=O)c3ccccc3Br)n2)cc1.COc1ccc(-c2nsc(NC(=O)c3ccccc3Br)n2)cc1. The number of halogens is 6. The first-order chi connectivity index (χ1) is 70.0. The Morgan fingerprint density at radius 3 is 0.465 bits per heavy atom. The number of carbonyl (C=O) groups is 6. The summed E-state index contributed by atoms with van der Waals surface area (Å²) in [4.78, 5) is 99.6. The van der Waals surface area contributed by atoms with E-state index in [4.69, 9.17) is 37.9 Å². The fourth-order valence-corrected chi connectivity index (χ4v) is 18.4. The van der Waals surface area contributed by atoms with Gasteiger partial charge in [-0.1, -0.05) is 72.8 Å². The second-order valence-electron chi connectivity index (χ2n) is 28.7. The highest BCUT2D eigenvalue weighted by Crippen LogP contribution is 2.34. The molecule has 0 radical (unpaired) electrons. The average Bonchev–Trinajstić information content (AvgIpc) is 1.70. The molecule has 6 aromatic heterocycles. The van der Waals surface area contributed by atoms with E-state index in [1.807, 2.05) is 255 Å². The molecule has 12 aromatic carbocycles. The molecular weight excluding hydrogens is 2350 g/mol. The van der Waals surface area contributed by atoms with Crippen LogP contribution in [0.5, 0.6) is 34.5 Å². The van der Waals surface area contributed by atoms with E-state index in [0.717, 1.165) is 190 Å². The standard InChI is InChI=1S/6C16H12BrN3O2S.C4H8O2/c6*1-22-11-8-6-10(7-9-11)14-18-16(23-20-14)19-15(21)12-4-2-3-5-13(12)17;1-2-6-4-3-5-1/h6*2-9H,1H3,(H,18,19,20,21);1-4H2. The molecule has 0 saturated carbocycles. The van der Waals surface area contributed by atoms with Crippen molar-refractivity contribution in [3.63, 3.8) is 0 Å². The van der Waals surface area contributed by atoms with Gasteiger partial charge in [-0.2, -0.15) is 56.1 Å². The molecule has 44 heteroatoms. The third kappa shape index (κ3) is 31.7. The fraction of sp³-hybridized carbons (Fsp3) is 0.100. The number of ether oxygens (including phenoxy) is 8. The normalized spacial score (nSPS) is 10.9. The Hall–Kier alpha value is -13.6. The number of amides is 6. The van der Waals surface area contributed by atoms with Crippen molar-refractivity contribution < 1.29 is 66.7 Å². The molecule has 7 heterocycles. The molecule has 32 nitrogen and oxygen atoms in total. The first-order valence-electron chi connectivity index (χ1n) is 42.4. The van der Waals surface area contributed by atoms with Gasteiger partial charge >= 0.3 is 0 Å². The lowest BCUT2D eigenvalue weighted by Crippen LogP contribution is -2.16. The number of benzene rings is 12. The Balaban J connectivity index is 0.000000143. The zero-order valence-corrected chi connectivity index (χ0v) is 90.8. The van der Waals surface area contributed by atoms with Gasteiger partial charge in [-0.05, 0) is 314 Å². The van der Waals surface area contributed by atoms with Gasteiger partial charge in [0.25, 0.3) is 35.4 Å². The van der Waals surface area contributed by atoms with Crippen LogP contribution in [0.3, 0.4) is 0 Å². The van der Waals surface area contributed by atoms with E-state index < -0.39 is 0 Å². The van der Waals surface area contributed by atoms with Crippen molar-refractivity contribution in [1.29, 1.82) is 0 Å². The van der Waals surface area contributed by atoms with Crippen LogP contribution in [-0.2, 0) is 9.47 Å². The molecule has 1 saturated heterocycles. The smallest absolute Gasteiger partial charge is 0.258 e. The lowest BCUT2D eigenvalue weighted by atomic mass is 10.2. The minimum absolute atomic E-state index is 0.227. The zero-order chi connectivity index (χ0) is 102. The van der Waals surface area contributed by atoms with Crippen LogP contribution in [0, 0.1) is 0 Å². The molecule has 6 N–H and O–H groups in total. The lowest BCUT2D eigenvalue weighted by molar-refractivity contribution is -0.0334. The summed E-state index contributed by atoms with van der Waals surface area (Å²) in [6.07, 6.45) is 0. The van der Waals surface area contributed by atoms with Gasteiger partial charge in [0, 0.05) is 129 Å². The maximum atomic E-state index is 12.2. The molecule has 0 aliphatic carbocycles. The number of anilines is 6. The van der Waals surface area contributed by atoms with E-state index in [-0.39, 0.29) is 35.4 Å². The van der Waals surface area contributed by atoms with Gasteiger partial charge in [0.1, 0.15) is 34.5 Å². The van der Waals surface area contributed by atoms with Gasteiger partial charge in [-0.3, -0.25) is 60.7 Å². The van der Waals surface area contributed by atoms with Gasteiger partial charge in [0.05, 0.1) is 102 Å². The van der Waals surface area contributed by atoms with E-state index in [2.05, 4.69) is 184 Å². The Labute approximate surface area is 900 Å². The predicted octanol–water partition coefficient (Wildman–Crippen LogP) is 25.4. The minimum Gasteiger partial charge on any atom is -0.497 e. The van der Waals surface area contributed by atoms with E-state index in [0.29, 0.717) is 99.1 Å². The first-order valence-corrected chi connectivity index (χ1v) is 51.8. The molecule has 0 atom stereocenters. The van der Waals surface area contributed by atoms with E-state index in [1.165, 1.54) is 0 Å². The van der Waals surface area contributed by atoms with Crippen molar-refractivity contribution in [2.45, 2.75) is 0 Å². The molecule has 19 rings (SSSR count). The number of rotatable bonds is 24. The number of hydrogen-bond donors (Lipinski definition) is 6. The number of methoxy groups -OCH3 is 6. The molecule has 0 spiro atoms. The topological polar surface area (TPSA) is 403 Å². The molecule has 1 aliphatic rings. The average molecular weight is 2430 g/mol. The summed E-state index contributed by atoms with van der Waals surface area (Å²) in [6, 6.07) is 87.9. The maximum Gasteiger partial charge on any atom is 0.258 e. The summed E-state index contributed by atoms with van der Waals surface area (Å²) in [6.45, 7) is 3.11. The molecule has 1 fully saturated rings. The third-order valence-electron chi connectivity index (χ3n) is 19.4. The minimum atomic E-state index is -0.227.